The highest BCUT2D eigenvalue weighted by Gasteiger charge is 2.30. The van der Waals surface area contributed by atoms with Crippen LogP contribution in [-0.2, 0) is 9.53 Å². The third kappa shape index (κ3) is 1.82. The summed E-state index contributed by atoms with van der Waals surface area (Å²) in [4.78, 5) is 23.2. The summed E-state index contributed by atoms with van der Waals surface area (Å²) in [5.41, 5.74) is 0. The number of methoxy groups -OCH3 is 1. The van der Waals surface area contributed by atoms with Crippen molar-refractivity contribution < 1.29 is 9.53 Å². The first-order valence-electron chi connectivity index (χ1n) is 5.80. The molecule has 6 heteroatoms. The summed E-state index contributed by atoms with van der Waals surface area (Å²) in [6.45, 7) is 1.51. The Kier molecular flexibility index (Phi) is 2.87. The van der Waals surface area contributed by atoms with Gasteiger partial charge in [0.2, 0.25) is 0 Å². The van der Waals surface area contributed by atoms with Gasteiger partial charge in [-0.3, -0.25) is 4.79 Å². The number of anilines is 1. The van der Waals surface area contributed by atoms with Gasteiger partial charge in [0.1, 0.15) is 17.0 Å². The van der Waals surface area contributed by atoms with Crippen molar-refractivity contribution in [2.24, 2.45) is 5.92 Å². The number of aromatic nitrogens is 2. The first kappa shape index (κ1) is 11.4. The molecule has 0 N–H and O–H groups in total. The van der Waals surface area contributed by atoms with E-state index in [-0.39, 0.29) is 11.9 Å². The van der Waals surface area contributed by atoms with Crippen LogP contribution in [0, 0.1) is 5.92 Å². The second-order valence-electron chi connectivity index (χ2n) is 4.29. The van der Waals surface area contributed by atoms with E-state index in [9.17, 15) is 4.79 Å². The topological polar surface area (TPSA) is 55.3 Å². The molecule has 0 spiro atoms. The second kappa shape index (κ2) is 4.53. The Morgan fingerprint density at radius 1 is 1.56 bits per heavy atom. The average molecular weight is 263 g/mol. The lowest BCUT2D eigenvalue weighted by Crippen LogP contribution is -2.24. The molecule has 0 radical (unpaired) electrons. The van der Waals surface area contributed by atoms with Crippen molar-refractivity contribution in [3.05, 3.63) is 17.8 Å². The van der Waals surface area contributed by atoms with Crippen LogP contribution < -0.4 is 4.90 Å². The zero-order valence-electron chi connectivity index (χ0n) is 10.00. The summed E-state index contributed by atoms with van der Waals surface area (Å²) in [5, 5.41) is 3.07. The van der Waals surface area contributed by atoms with Crippen molar-refractivity contribution >= 4 is 33.3 Å². The van der Waals surface area contributed by atoms with Crippen molar-refractivity contribution in [1.82, 2.24) is 9.97 Å². The highest BCUT2D eigenvalue weighted by atomic mass is 32.1. The summed E-state index contributed by atoms with van der Waals surface area (Å²) < 4.78 is 4.79. The van der Waals surface area contributed by atoms with E-state index in [0.29, 0.717) is 6.54 Å². The molecule has 18 heavy (non-hydrogen) atoms. The lowest BCUT2D eigenvalue weighted by Gasteiger charge is -2.17. The van der Waals surface area contributed by atoms with Crippen molar-refractivity contribution in [1.29, 1.82) is 0 Å². The van der Waals surface area contributed by atoms with Crippen LogP contribution in [0.4, 0.5) is 5.82 Å². The van der Waals surface area contributed by atoms with Crippen LogP contribution >= 0.6 is 11.3 Å². The van der Waals surface area contributed by atoms with E-state index < -0.39 is 0 Å². The molecule has 0 aromatic carbocycles. The molecule has 2 aromatic rings. The van der Waals surface area contributed by atoms with Gasteiger partial charge < -0.3 is 9.64 Å². The Hall–Kier alpha value is -1.69. The lowest BCUT2D eigenvalue weighted by atomic mass is 10.1. The summed E-state index contributed by atoms with van der Waals surface area (Å²) in [6.07, 6.45) is 2.40. The number of hydrogen-bond acceptors (Lipinski definition) is 6. The minimum atomic E-state index is -0.131. The molecule has 5 nitrogen and oxygen atoms in total. The molecule has 0 saturated carbocycles. The summed E-state index contributed by atoms with van der Waals surface area (Å²) in [5.74, 6) is 0.749. The van der Waals surface area contributed by atoms with Crippen LogP contribution in [0.5, 0.6) is 0 Å². The molecule has 1 fully saturated rings. The maximum atomic E-state index is 11.5. The van der Waals surface area contributed by atoms with E-state index >= 15 is 0 Å². The zero-order valence-corrected chi connectivity index (χ0v) is 10.8. The summed E-state index contributed by atoms with van der Waals surface area (Å²) in [7, 11) is 1.44. The monoisotopic (exact) mass is 263 g/mol. The molecule has 0 aliphatic carbocycles. The highest BCUT2D eigenvalue weighted by Crippen LogP contribution is 2.30. The molecule has 3 rings (SSSR count). The van der Waals surface area contributed by atoms with Gasteiger partial charge in [-0.25, -0.2) is 9.97 Å². The number of carbonyl (C=O) groups excluding carboxylic acids is 1. The number of rotatable bonds is 2. The van der Waals surface area contributed by atoms with Crippen molar-refractivity contribution in [3.63, 3.8) is 0 Å². The highest BCUT2D eigenvalue weighted by molar-refractivity contribution is 7.16. The van der Waals surface area contributed by atoms with Crippen molar-refractivity contribution in [2.75, 3.05) is 25.1 Å². The third-order valence-electron chi connectivity index (χ3n) is 3.26. The van der Waals surface area contributed by atoms with Gasteiger partial charge in [-0.15, -0.1) is 11.3 Å². The first-order chi connectivity index (χ1) is 8.79. The smallest absolute Gasteiger partial charge is 0.310 e. The van der Waals surface area contributed by atoms with Gasteiger partial charge in [0, 0.05) is 13.1 Å². The molecule has 2 aromatic heterocycles. The van der Waals surface area contributed by atoms with Crippen LogP contribution in [-0.4, -0.2) is 36.1 Å². The normalized spacial score (nSPS) is 19.4. The van der Waals surface area contributed by atoms with E-state index in [1.54, 1.807) is 17.7 Å². The predicted molar refractivity (Wildman–Crippen MR) is 69.8 cm³/mol. The molecule has 3 heterocycles. The van der Waals surface area contributed by atoms with E-state index in [1.807, 2.05) is 11.4 Å². The van der Waals surface area contributed by atoms with E-state index in [1.165, 1.54) is 7.11 Å². The fourth-order valence-electron chi connectivity index (χ4n) is 2.34. The van der Waals surface area contributed by atoms with Crippen molar-refractivity contribution in [3.8, 4) is 0 Å². The van der Waals surface area contributed by atoms with Crippen LogP contribution in [0.15, 0.2) is 17.8 Å². The molecule has 1 aliphatic heterocycles. The summed E-state index contributed by atoms with van der Waals surface area (Å²) in [6, 6.07) is 2.03. The number of carbonyl (C=O) groups is 1. The molecular formula is C12H13N3O2S. The van der Waals surface area contributed by atoms with Crippen LogP contribution in [0.3, 0.4) is 0 Å². The zero-order chi connectivity index (χ0) is 12.5. The van der Waals surface area contributed by atoms with Crippen LogP contribution in [0.2, 0.25) is 0 Å². The quantitative estimate of drug-likeness (QED) is 0.772. The molecule has 1 saturated heterocycles. The van der Waals surface area contributed by atoms with Gasteiger partial charge in [0.15, 0.2) is 0 Å². The van der Waals surface area contributed by atoms with E-state index in [4.69, 9.17) is 4.74 Å². The van der Waals surface area contributed by atoms with Gasteiger partial charge in [-0.2, -0.15) is 0 Å². The molecule has 1 unspecified atom stereocenters. The number of esters is 1. The Labute approximate surface area is 108 Å². The lowest BCUT2D eigenvalue weighted by molar-refractivity contribution is -0.144. The molecular weight excluding hydrogens is 250 g/mol. The van der Waals surface area contributed by atoms with Gasteiger partial charge >= 0.3 is 5.97 Å². The fraction of sp³-hybridized carbons (Fsp3) is 0.417. The number of hydrogen-bond donors (Lipinski definition) is 0. The first-order valence-corrected chi connectivity index (χ1v) is 6.68. The summed E-state index contributed by atoms with van der Waals surface area (Å²) >= 11 is 1.60. The molecule has 1 aliphatic rings. The third-order valence-corrected chi connectivity index (χ3v) is 4.08. The largest absolute Gasteiger partial charge is 0.469 e. The molecule has 0 bridgehead atoms. The van der Waals surface area contributed by atoms with E-state index in [0.717, 1.165) is 29.0 Å². The minimum Gasteiger partial charge on any atom is -0.469 e. The average Bonchev–Trinajstić information content (AvgIpc) is 3.05. The Morgan fingerprint density at radius 3 is 3.28 bits per heavy atom. The molecule has 0 amide bonds. The van der Waals surface area contributed by atoms with Crippen molar-refractivity contribution in [2.45, 2.75) is 6.42 Å². The number of thiophene rings is 1. The van der Waals surface area contributed by atoms with Gasteiger partial charge in [-0.1, -0.05) is 0 Å². The standard InChI is InChI=1S/C12H13N3O2S/c1-17-12(16)8-2-4-15(6-8)10-9-3-5-18-11(9)14-7-13-10/h3,5,7-8H,2,4,6H2,1H3. The number of ether oxygens (including phenoxy) is 1. The molecule has 1 atom stereocenters. The predicted octanol–water partition coefficient (Wildman–Crippen LogP) is 1.69. The SMILES string of the molecule is COC(=O)C1CCN(c2ncnc3sccc23)C1. The maximum absolute atomic E-state index is 11.5. The van der Waals surface area contributed by atoms with Crippen LogP contribution in [0.25, 0.3) is 10.2 Å². The Bertz CT molecular complexity index is 583. The van der Waals surface area contributed by atoms with Gasteiger partial charge in [0.25, 0.3) is 0 Å². The second-order valence-corrected chi connectivity index (χ2v) is 5.19. The Balaban J connectivity index is 1.88. The number of nitrogens with zero attached hydrogens (tertiary/aromatic N) is 3. The fourth-order valence-corrected chi connectivity index (χ4v) is 3.07. The Morgan fingerprint density at radius 2 is 2.44 bits per heavy atom. The minimum absolute atomic E-state index is 0.0429. The molecule has 94 valence electrons. The maximum Gasteiger partial charge on any atom is 0.310 e. The van der Waals surface area contributed by atoms with Gasteiger partial charge in [-0.05, 0) is 17.9 Å². The van der Waals surface area contributed by atoms with Gasteiger partial charge in [0.05, 0.1) is 18.4 Å². The van der Waals surface area contributed by atoms with E-state index in [2.05, 4.69) is 14.9 Å². The number of fused-ring (bicyclic) bond motifs is 1. The van der Waals surface area contributed by atoms with Crippen LogP contribution in [0.1, 0.15) is 6.42 Å².